The van der Waals surface area contributed by atoms with Crippen molar-refractivity contribution in [2.45, 2.75) is 13.8 Å². The van der Waals surface area contributed by atoms with Gasteiger partial charge in [-0.15, -0.1) is 0 Å². The van der Waals surface area contributed by atoms with Gasteiger partial charge in [-0.05, 0) is 26.0 Å². The first kappa shape index (κ1) is 23.5. The molecule has 0 heterocycles. The van der Waals surface area contributed by atoms with Gasteiger partial charge in [-0.3, -0.25) is 20.2 Å². The topological polar surface area (TPSA) is 123 Å². The molecule has 28 heavy (non-hydrogen) atoms. The van der Waals surface area contributed by atoms with E-state index in [4.69, 9.17) is 34.8 Å². The number of imide groups is 2. The van der Waals surface area contributed by atoms with Crippen molar-refractivity contribution in [3.05, 3.63) is 39.0 Å². The molecular weight excluding hydrogens is 437 g/mol. The lowest BCUT2D eigenvalue weighted by atomic mass is 10.2. The lowest BCUT2D eigenvalue weighted by Crippen LogP contribution is -2.40. The standard InChI is InChI=1S/C16H16Cl3N3O6/c1-3-27-15(25)21-13(23)8(14(24)22-16(26)28-4-2)7-20-12-6-10(18)9(17)5-11(12)19/h5-7,20H,3-4H2,1-2H3,(H,21,23,25)(H,22,24,26). The van der Waals surface area contributed by atoms with Gasteiger partial charge in [0.05, 0.1) is 34.0 Å². The van der Waals surface area contributed by atoms with Crippen LogP contribution in [0.3, 0.4) is 0 Å². The minimum Gasteiger partial charge on any atom is -0.450 e. The summed E-state index contributed by atoms with van der Waals surface area (Å²) in [5, 5.41) is 6.76. The molecule has 1 rings (SSSR count). The van der Waals surface area contributed by atoms with Crippen molar-refractivity contribution in [2.75, 3.05) is 18.5 Å². The van der Waals surface area contributed by atoms with Gasteiger partial charge >= 0.3 is 12.2 Å². The van der Waals surface area contributed by atoms with E-state index in [9.17, 15) is 19.2 Å². The smallest absolute Gasteiger partial charge is 0.414 e. The number of rotatable bonds is 6. The first-order chi connectivity index (χ1) is 13.2. The lowest BCUT2D eigenvalue weighted by Gasteiger charge is -2.10. The van der Waals surface area contributed by atoms with Gasteiger partial charge in [-0.1, -0.05) is 34.8 Å². The van der Waals surface area contributed by atoms with Crippen LogP contribution in [0.15, 0.2) is 23.9 Å². The fourth-order valence-electron chi connectivity index (χ4n) is 1.67. The van der Waals surface area contributed by atoms with Gasteiger partial charge in [-0.2, -0.15) is 0 Å². The first-order valence-electron chi connectivity index (χ1n) is 7.77. The van der Waals surface area contributed by atoms with Gasteiger partial charge in [0.15, 0.2) is 0 Å². The third-order valence-corrected chi connectivity index (χ3v) is 3.89. The zero-order chi connectivity index (χ0) is 21.3. The zero-order valence-electron chi connectivity index (χ0n) is 14.7. The average Bonchev–Trinajstić information content (AvgIpc) is 2.59. The van der Waals surface area contributed by atoms with Gasteiger partial charge in [-0.25, -0.2) is 9.59 Å². The Balaban J connectivity index is 3.11. The van der Waals surface area contributed by atoms with Crippen LogP contribution in [-0.2, 0) is 19.1 Å². The Morgan fingerprint density at radius 1 is 0.857 bits per heavy atom. The van der Waals surface area contributed by atoms with Crippen LogP contribution in [0.2, 0.25) is 15.1 Å². The number of amides is 4. The van der Waals surface area contributed by atoms with Crippen LogP contribution < -0.4 is 16.0 Å². The SMILES string of the molecule is CCOC(=O)NC(=O)C(=CNc1cc(Cl)c(Cl)cc1Cl)C(=O)NC(=O)OCC. The molecule has 1 aromatic rings. The third kappa shape index (κ3) is 7.26. The maximum atomic E-state index is 12.2. The summed E-state index contributed by atoms with van der Waals surface area (Å²) >= 11 is 17.7. The number of carbonyl (C=O) groups is 4. The molecule has 152 valence electrons. The van der Waals surface area contributed by atoms with Crippen LogP contribution in [0, 0.1) is 0 Å². The number of benzene rings is 1. The van der Waals surface area contributed by atoms with E-state index < -0.39 is 29.6 Å². The normalized spacial score (nSPS) is 9.75. The second-order valence-corrected chi connectivity index (χ2v) is 6.02. The number of anilines is 1. The quantitative estimate of drug-likeness (QED) is 0.261. The van der Waals surface area contributed by atoms with Gasteiger partial charge in [0, 0.05) is 6.20 Å². The van der Waals surface area contributed by atoms with Gasteiger partial charge < -0.3 is 14.8 Å². The summed E-state index contributed by atoms with van der Waals surface area (Å²) in [4.78, 5) is 47.3. The summed E-state index contributed by atoms with van der Waals surface area (Å²) < 4.78 is 9.16. The van der Waals surface area contributed by atoms with Crippen LogP contribution in [0.1, 0.15) is 13.8 Å². The lowest BCUT2D eigenvalue weighted by molar-refractivity contribution is -0.122. The molecule has 0 radical (unpaired) electrons. The predicted molar refractivity (Wildman–Crippen MR) is 104 cm³/mol. The van der Waals surface area contributed by atoms with Crippen LogP contribution in [-0.4, -0.2) is 37.2 Å². The van der Waals surface area contributed by atoms with Gasteiger partial charge in [0.1, 0.15) is 5.57 Å². The highest BCUT2D eigenvalue weighted by molar-refractivity contribution is 6.44. The van der Waals surface area contributed by atoms with E-state index in [-0.39, 0.29) is 34.0 Å². The number of hydrogen-bond acceptors (Lipinski definition) is 7. The van der Waals surface area contributed by atoms with Crippen molar-refractivity contribution >= 4 is 64.5 Å². The number of carbonyl (C=O) groups excluding carboxylic acids is 4. The van der Waals surface area contributed by atoms with E-state index in [0.29, 0.717) is 0 Å². The first-order valence-corrected chi connectivity index (χ1v) is 8.90. The summed E-state index contributed by atoms with van der Waals surface area (Å²) in [6, 6.07) is 2.70. The molecule has 0 fully saturated rings. The van der Waals surface area contributed by atoms with E-state index in [2.05, 4.69) is 14.8 Å². The molecule has 4 amide bonds. The van der Waals surface area contributed by atoms with Crippen molar-refractivity contribution < 1.29 is 28.7 Å². The molecule has 12 heteroatoms. The molecule has 0 aliphatic carbocycles. The Labute approximate surface area is 175 Å². The van der Waals surface area contributed by atoms with Gasteiger partial charge in [0.25, 0.3) is 11.8 Å². The summed E-state index contributed by atoms with van der Waals surface area (Å²) in [6.07, 6.45) is -1.22. The maximum absolute atomic E-state index is 12.2. The number of alkyl carbamates (subject to hydrolysis) is 2. The minimum absolute atomic E-state index is 0.00428. The van der Waals surface area contributed by atoms with E-state index in [1.807, 2.05) is 10.6 Å². The molecule has 3 N–H and O–H groups in total. The fourth-order valence-corrected chi connectivity index (χ4v) is 2.27. The van der Waals surface area contributed by atoms with E-state index in [1.165, 1.54) is 26.0 Å². The number of hydrogen-bond donors (Lipinski definition) is 3. The van der Waals surface area contributed by atoms with Crippen molar-refractivity contribution in [3.63, 3.8) is 0 Å². The number of halogens is 3. The molecular formula is C16H16Cl3N3O6. The van der Waals surface area contributed by atoms with Crippen molar-refractivity contribution in [2.24, 2.45) is 0 Å². The average molecular weight is 453 g/mol. The Hall–Kier alpha value is -2.49. The molecule has 0 saturated heterocycles. The van der Waals surface area contributed by atoms with Crippen LogP contribution in [0.25, 0.3) is 0 Å². The Bertz CT molecular complexity index is 779. The molecule has 0 unspecified atom stereocenters. The largest absolute Gasteiger partial charge is 0.450 e. The third-order valence-electron chi connectivity index (χ3n) is 2.85. The van der Waals surface area contributed by atoms with E-state index in [0.717, 1.165) is 6.20 Å². The minimum atomic E-state index is -1.14. The van der Waals surface area contributed by atoms with Gasteiger partial charge in [0.2, 0.25) is 0 Å². The Kier molecular flexibility index (Phi) is 9.57. The van der Waals surface area contributed by atoms with E-state index >= 15 is 0 Å². The van der Waals surface area contributed by atoms with Crippen molar-refractivity contribution in [1.29, 1.82) is 0 Å². The zero-order valence-corrected chi connectivity index (χ0v) is 17.0. The number of ether oxygens (including phenoxy) is 2. The summed E-state index contributed by atoms with van der Waals surface area (Å²) in [6.45, 7) is 3.07. The Morgan fingerprint density at radius 3 is 1.79 bits per heavy atom. The molecule has 0 bridgehead atoms. The number of nitrogens with one attached hydrogen (secondary N) is 3. The second kappa shape index (κ2) is 11.4. The maximum Gasteiger partial charge on any atom is 0.414 e. The molecule has 0 aliphatic heterocycles. The molecule has 9 nitrogen and oxygen atoms in total. The fraction of sp³-hybridized carbons (Fsp3) is 0.250. The second-order valence-electron chi connectivity index (χ2n) is 4.80. The molecule has 0 spiro atoms. The highest BCUT2D eigenvalue weighted by atomic mass is 35.5. The monoisotopic (exact) mass is 451 g/mol. The summed E-state index contributed by atoms with van der Waals surface area (Å²) in [5.41, 5.74) is -0.426. The molecule has 0 aromatic heterocycles. The molecule has 1 aromatic carbocycles. The van der Waals surface area contributed by atoms with Crippen LogP contribution >= 0.6 is 34.8 Å². The van der Waals surface area contributed by atoms with E-state index in [1.54, 1.807) is 0 Å². The van der Waals surface area contributed by atoms with Crippen molar-refractivity contribution in [3.8, 4) is 0 Å². The van der Waals surface area contributed by atoms with Crippen molar-refractivity contribution in [1.82, 2.24) is 10.6 Å². The molecule has 0 aliphatic rings. The highest BCUT2D eigenvalue weighted by Crippen LogP contribution is 2.32. The highest BCUT2D eigenvalue weighted by Gasteiger charge is 2.23. The summed E-state index contributed by atoms with van der Waals surface area (Å²) in [7, 11) is 0. The predicted octanol–water partition coefficient (Wildman–Crippen LogP) is 3.49. The Morgan fingerprint density at radius 2 is 1.32 bits per heavy atom. The van der Waals surface area contributed by atoms with Crippen LogP contribution in [0.5, 0.6) is 0 Å². The molecule has 0 atom stereocenters. The molecule has 0 saturated carbocycles. The van der Waals surface area contributed by atoms with Crippen LogP contribution in [0.4, 0.5) is 15.3 Å². The summed E-state index contributed by atoms with van der Waals surface area (Å²) in [5.74, 6) is -2.27.